The van der Waals surface area contributed by atoms with Crippen molar-refractivity contribution in [2.45, 2.75) is 12.8 Å². The molecule has 7 nitrogen and oxygen atoms in total. The second-order valence-corrected chi connectivity index (χ2v) is 5.11. The highest BCUT2D eigenvalue weighted by Crippen LogP contribution is 2.16. The highest BCUT2D eigenvalue weighted by atomic mass is 16.3. The van der Waals surface area contributed by atoms with Gasteiger partial charge in [-0.05, 0) is 18.2 Å². The highest BCUT2D eigenvalue weighted by molar-refractivity contribution is 5.94. The first-order valence-electron chi connectivity index (χ1n) is 7.45. The molecule has 0 atom stereocenters. The molecule has 0 saturated carbocycles. The number of furan rings is 1. The Bertz CT molecular complexity index is 810. The van der Waals surface area contributed by atoms with Crippen molar-refractivity contribution in [3.05, 3.63) is 66.2 Å². The van der Waals surface area contributed by atoms with Gasteiger partial charge in [-0.1, -0.05) is 30.3 Å². The zero-order valence-electron chi connectivity index (χ0n) is 12.8. The molecule has 2 aromatic heterocycles. The third kappa shape index (κ3) is 3.89. The number of benzene rings is 1. The Balaban J connectivity index is 1.50. The van der Waals surface area contributed by atoms with Gasteiger partial charge >= 0.3 is 0 Å². The standard InChI is InChI=1S/C17H16N4O3/c22-16(9-8-13-7-4-10-24-13)20-21-17(23)15-11-14(18-19-15)12-5-2-1-3-6-12/h1-7,10-11H,8-9H2,(H,18,19)(H,20,22)(H,21,23). The van der Waals surface area contributed by atoms with Gasteiger partial charge in [-0.2, -0.15) is 5.10 Å². The third-order valence-corrected chi connectivity index (χ3v) is 3.39. The lowest BCUT2D eigenvalue weighted by atomic mass is 10.1. The maximum absolute atomic E-state index is 12.0. The number of carbonyl (C=O) groups excluding carboxylic acids is 2. The highest BCUT2D eigenvalue weighted by Gasteiger charge is 2.12. The van der Waals surface area contributed by atoms with Crippen LogP contribution in [-0.2, 0) is 11.2 Å². The van der Waals surface area contributed by atoms with Gasteiger partial charge < -0.3 is 4.42 Å². The number of nitrogens with zero attached hydrogens (tertiary/aromatic N) is 1. The number of rotatable bonds is 5. The monoisotopic (exact) mass is 324 g/mol. The first-order chi connectivity index (χ1) is 11.7. The van der Waals surface area contributed by atoms with E-state index >= 15 is 0 Å². The SMILES string of the molecule is O=C(CCc1ccco1)NNC(=O)c1cc(-c2ccccc2)n[nH]1. The lowest BCUT2D eigenvalue weighted by Crippen LogP contribution is -2.41. The lowest BCUT2D eigenvalue weighted by Gasteiger charge is -2.05. The number of amides is 2. The lowest BCUT2D eigenvalue weighted by molar-refractivity contribution is -0.121. The Morgan fingerprint density at radius 2 is 1.92 bits per heavy atom. The van der Waals surface area contributed by atoms with Crippen LogP contribution in [0.1, 0.15) is 22.7 Å². The van der Waals surface area contributed by atoms with E-state index in [-0.39, 0.29) is 18.0 Å². The number of H-pyrrole nitrogens is 1. The molecule has 0 fully saturated rings. The fraction of sp³-hybridized carbons (Fsp3) is 0.118. The van der Waals surface area contributed by atoms with Crippen molar-refractivity contribution in [2.24, 2.45) is 0 Å². The van der Waals surface area contributed by atoms with E-state index < -0.39 is 5.91 Å². The first kappa shape index (κ1) is 15.5. The fourth-order valence-electron chi connectivity index (χ4n) is 2.14. The van der Waals surface area contributed by atoms with Gasteiger partial charge in [0.25, 0.3) is 5.91 Å². The minimum absolute atomic E-state index is 0.214. The van der Waals surface area contributed by atoms with E-state index in [1.807, 2.05) is 30.3 Å². The van der Waals surface area contributed by atoms with E-state index in [0.29, 0.717) is 12.1 Å². The van der Waals surface area contributed by atoms with Crippen LogP contribution < -0.4 is 10.9 Å². The van der Waals surface area contributed by atoms with Gasteiger partial charge in [-0.3, -0.25) is 25.5 Å². The summed E-state index contributed by atoms with van der Waals surface area (Å²) in [6.45, 7) is 0. The van der Waals surface area contributed by atoms with Gasteiger partial charge in [0.2, 0.25) is 5.91 Å². The predicted octanol–water partition coefficient (Wildman–Crippen LogP) is 2.06. The van der Waals surface area contributed by atoms with Crippen molar-refractivity contribution in [1.82, 2.24) is 21.0 Å². The Kier molecular flexibility index (Phi) is 4.71. The van der Waals surface area contributed by atoms with E-state index in [1.54, 1.807) is 24.5 Å². The van der Waals surface area contributed by atoms with E-state index in [4.69, 9.17) is 4.42 Å². The average Bonchev–Trinajstić information content (AvgIpc) is 3.30. The molecule has 24 heavy (non-hydrogen) atoms. The summed E-state index contributed by atoms with van der Waals surface area (Å²) in [5, 5.41) is 6.75. The number of hydrazine groups is 1. The Labute approximate surface area is 138 Å². The number of carbonyl (C=O) groups is 2. The zero-order chi connectivity index (χ0) is 16.8. The van der Waals surface area contributed by atoms with Gasteiger partial charge in [-0.25, -0.2) is 0 Å². The quantitative estimate of drug-likeness (QED) is 0.625. The van der Waals surface area contributed by atoms with Crippen LogP contribution in [0, 0.1) is 0 Å². The fourth-order valence-corrected chi connectivity index (χ4v) is 2.14. The molecule has 0 unspecified atom stereocenters. The molecule has 0 aliphatic rings. The summed E-state index contributed by atoms with van der Waals surface area (Å²) >= 11 is 0. The van der Waals surface area contributed by atoms with Crippen molar-refractivity contribution in [3.63, 3.8) is 0 Å². The molecule has 7 heteroatoms. The normalized spacial score (nSPS) is 10.3. The molecule has 0 radical (unpaired) electrons. The van der Waals surface area contributed by atoms with Gasteiger partial charge in [0.05, 0.1) is 12.0 Å². The predicted molar refractivity (Wildman–Crippen MR) is 86.7 cm³/mol. The summed E-state index contributed by atoms with van der Waals surface area (Å²) in [5.41, 5.74) is 6.54. The Hall–Kier alpha value is -3.35. The van der Waals surface area contributed by atoms with Crippen LogP contribution in [0.3, 0.4) is 0 Å². The van der Waals surface area contributed by atoms with E-state index in [2.05, 4.69) is 21.0 Å². The molecule has 2 heterocycles. The number of aromatic amines is 1. The maximum atomic E-state index is 12.0. The van der Waals surface area contributed by atoms with E-state index in [9.17, 15) is 9.59 Å². The number of hydrogen-bond acceptors (Lipinski definition) is 4. The molecule has 0 aliphatic heterocycles. The van der Waals surface area contributed by atoms with Crippen molar-refractivity contribution >= 4 is 11.8 Å². The van der Waals surface area contributed by atoms with E-state index in [0.717, 1.165) is 11.3 Å². The molecule has 0 aliphatic carbocycles. The number of aromatic nitrogens is 2. The summed E-state index contributed by atoms with van der Waals surface area (Å²) in [6.07, 6.45) is 2.24. The molecule has 2 amide bonds. The summed E-state index contributed by atoms with van der Waals surface area (Å²) < 4.78 is 5.14. The molecule has 3 aromatic rings. The minimum Gasteiger partial charge on any atom is -0.469 e. The molecule has 3 N–H and O–H groups in total. The third-order valence-electron chi connectivity index (χ3n) is 3.39. The van der Waals surface area contributed by atoms with Crippen LogP contribution in [0.4, 0.5) is 0 Å². The molecule has 0 saturated heterocycles. The van der Waals surface area contributed by atoms with Gasteiger partial charge in [0.1, 0.15) is 11.5 Å². The number of hydrogen-bond donors (Lipinski definition) is 3. The summed E-state index contributed by atoms with van der Waals surface area (Å²) in [7, 11) is 0. The van der Waals surface area contributed by atoms with Crippen LogP contribution in [0.15, 0.2) is 59.2 Å². The molecular formula is C17H16N4O3. The topological polar surface area (TPSA) is 100 Å². The molecule has 3 rings (SSSR count). The minimum atomic E-state index is -0.462. The number of nitrogens with one attached hydrogen (secondary N) is 3. The van der Waals surface area contributed by atoms with Gasteiger partial charge in [0.15, 0.2) is 0 Å². The van der Waals surface area contributed by atoms with Crippen LogP contribution >= 0.6 is 0 Å². The second-order valence-electron chi connectivity index (χ2n) is 5.11. The Morgan fingerprint density at radius 1 is 1.08 bits per heavy atom. The summed E-state index contributed by atoms with van der Waals surface area (Å²) in [6, 6.07) is 14.7. The molecular weight excluding hydrogens is 308 g/mol. The average molecular weight is 324 g/mol. The molecule has 0 spiro atoms. The smallest absolute Gasteiger partial charge is 0.287 e. The second kappa shape index (κ2) is 7.28. The van der Waals surface area contributed by atoms with Crippen molar-refractivity contribution in [2.75, 3.05) is 0 Å². The van der Waals surface area contributed by atoms with Gasteiger partial charge in [0, 0.05) is 18.4 Å². The molecule has 0 bridgehead atoms. The summed E-state index contributed by atoms with van der Waals surface area (Å²) in [4.78, 5) is 23.7. The maximum Gasteiger partial charge on any atom is 0.287 e. The van der Waals surface area contributed by atoms with Crippen LogP contribution in [-0.4, -0.2) is 22.0 Å². The molecule has 1 aromatic carbocycles. The first-order valence-corrected chi connectivity index (χ1v) is 7.45. The Morgan fingerprint density at radius 3 is 2.67 bits per heavy atom. The summed E-state index contributed by atoms with van der Waals surface area (Å²) in [5.74, 6) is -0.0453. The van der Waals surface area contributed by atoms with Crippen LogP contribution in [0.2, 0.25) is 0 Å². The van der Waals surface area contributed by atoms with Crippen LogP contribution in [0.25, 0.3) is 11.3 Å². The van der Waals surface area contributed by atoms with Gasteiger partial charge in [-0.15, -0.1) is 0 Å². The van der Waals surface area contributed by atoms with Crippen LogP contribution in [0.5, 0.6) is 0 Å². The van der Waals surface area contributed by atoms with E-state index in [1.165, 1.54) is 0 Å². The van der Waals surface area contributed by atoms with Crippen molar-refractivity contribution in [1.29, 1.82) is 0 Å². The number of aryl methyl sites for hydroxylation is 1. The zero-order valence-corrected chi connectivity index (χ0v) is 12.8. The molecule has 122 valence electrons. The van der Waals surface area contributed by atoms with Crippen molar-refractivity contribution in [3.8, 4) is 11.3 Å². The largest absolute Gasteiger partial charge is 0.469 e. The van der Waals surface area contributed by atoms with Crippen molar-refractivity contribution < 1.29 is 14.0 Å².